The van der Waals surface area contributed by atoms with E-state index >= 15 is 0 Å². The largest absolute Gasteiger partial charge is 0.494 e. The van der Waals surface area contributed by atoms with Crippen molar-refractivity contribution >= 4 is 11.6 Å². The number of rotatable bonds is 10. The van der Waals surface area contributed by atoms with Crippen LogP contribution in [0.4, 0.5) is 20.4 Å². The van der Waals surface area contributed by atoms with Crippen molar-refractivity contribution in [1.82, 2.24) is 19.7 Å². The molecule has 2 heterocycles. The van der Waals surface area contributed by atoms with E-state index in [4.69, 9.17) is 19.3 Å². The average Bonchev–Trinajstić information content (AvgIpc) is 3.21. The van der Waals surface area contributed by atoms with Crippen LogP contribution in [-0.2, 0) is 13.2 Å². The highest BCUT2D eigenvalue weighted by molar-refractivity contribution is 5.50. The van der Waals surface area contributed by atoms with Crippen LogP contribution in [-0.4, -0.2) is 56.9 Å². The van der Waals surface area contributed by atoms with E-state index in [1.807, 2.05) is 0 Å². The fraction of sp³-hybridized carbons (Fsp3) is 0.316. The first-order valence-electron chi connectivity index (χ1n) is 9.07. The van der Waals surface area contributed by atoms with Gasteiger partial charge in [0.1, 0.15) is 6.61 Å². The molecule has 0 radical (unpaired) electrons. The molecule has 0 spiro atoms. The van der Waals surface area contributed by atoms with Gasteiger partial charge in [0.2, 0.25) is 5.95 Å². The maximum atomic E-state index is 14.4. The molecule has 0 saturated carbocycles. The summed E-state index contributed by atoms with van der Waals surface area (Å²) in [7, 11) is 2.52. The quantitative estimate of drug-likeness (QED) is 0.434. The Balaban J connectivity index is 1.64. The lowest BCUT2D eigenvalue weighted by atomic mass is 10.1. The predicted octanol–water partition coefficient (Wildman–Crippen LogP) is 1.64. The Bertz CT molecular complexity index is 987. The number of hydrogen-bond donors (Lipinski definition) is 3. The summed E-state index contributed by atoms with van der Waals surface area (Å²) in [4.78, 5) is 8.15. The average molecular weight is 437 g/mol. The minimum atomic E-state index is -0.917. The molecule has 10 nitrogen and oxygen atoms in total. The van der Waals surface area contributed by atoms with Gasteiger partial charge in [0.25, 0.3) is 0 Å². The normalized spacial score (nSPS) is 11.8. The second kappa shape index (κ2) is 10.00. The van der Waals surface area contributed by atoms with Crippen molar-refractivity contribution in [3.05, 3.63) is 48.1 Å². The number of aromatic nitrogens is 4. The van der Waals surface area contributed by atoms with E-state index in [1.54, 1.807) is 6.20 Å². The number of ether oxygens (including phenoxy) is 3. The first-order chi connectivity index (χ1) is 14.9. The summed E-state index contributed by atoms with van der Waals surface area (Å²) in [6.45, 7) is -0.668. The van der Waals surface area contributed by atoms with Gasteiger partial charge in [-0.1, -0.05) is 0 Å². The van der Waals surface area contributed by atoms with Crippen molar-refractivity contribution in [2.24, 2.45) is 0 Å². The summed E-state index contributed by atoms with van der Waals surface area (Å²) >= 11 is 0. The summed E-state index contributed by atoms with van der Waals surface area (Å²) < 4.78 is 45.4. The summed E-state index contributed by atoms with van der Waals surface area (Å²) in [6, 6.07) is 1.12. The van der Waals surface area contributed by atoms with Gasteiger partial charge in [0.05, 0.1) is 63.3 Å². The lowest BCUT2D eigenvalue weighted by Gasteiger charge is -2.13. The molecule has 1 aromatic carbocycles. The van der Waals surface area contributed by atoms with E-state index in [-0.39, 0.29) is 41.9 Å². The zero-order valence-corrected chi connectivity index (χ0v) is 16.7. The van der Waals surface area contributed by atoms with Crippen LogP contribution in [0.15, 0.2) is 30.9 Å². The fourth-order valence-corrected chi connectivity index (χ4v) is 2.60. The number of methoxy groups -OCH3 is 2. The second-order valence-electron chi connectivity index (χ2n) is 6.33. The highest BCUT2D eigenvalue weighted by Crippen LogP contribution is 2.32. The van der Waals surface area contributed by atoms with Gasteiger partial charge in [-0.15, -0.1) is 0 Å². The molecular formula is C19H21F2N5O5. The molecule has 3 N–H and O–H groups in total. The van der Waals surface area contributed by atoms with Crippen molar-refractivity contribution < 1.29 is 33.2 Å². The third kappa shape index (κ3) is 5.35. The molecular weight excluding hydrogens is 416 g/mol. The minimum absolute atomic E-state index is 0.133. The number of halogens is 2. The van der Waals surface area contributed by atoms with E-state index < -0.39 is 24.3 Å². The van der Waals surface area contributed by atoms with Crippen LogP contribution in [0.1, 0.15) is 5.56 Å². The van der Waals surface area contributed by atoms with E-state index in [9.17, 15) is 13.9 Å². The number of hydrogen-bond acceptors (Lipinski definition) is 9. The van der Waals surface area contributed by atoms with Crippen LogP contribution in [0.25, 0.3) is 0 Å². The third-order valence-electron chi connectivity index (χ3n) is 4.17. The smallest absolute Gasteiger partial charge is 0.227 e. The molecule has 3 rings (SSSR count). The topological polar surface area (TPSA) is 124 Å². The van der Waals surface area contributed by atoms with Crippen molar-refractivity contribution in [3.8, 4) is 17.2 Å². The molecule has 0 saturated heterocycles. The number of nitrogens with one attached hydrogen (secondary N) is 1. The monoisotopic (exact) mass is 437 g/mol. The van der Waals surface area contributed by atoms with Crippen LogP contribution >= 0.6 is 0 Å². The Morgan fingerprint density at radius 3 is 2.32 bits per heavy atom. The number of benzene rings is 1. The van der Waals surface area contributed by atoms with Gasteiger partial charge < -0.3 is 29.7 Å². The molecule has 12 heteroatoms. The SMILES string of the molecule is COc1cc(OC)c(F)c(COc2cnc(Nc3cnn(C[C@@H](O)CO)c3)nc2)c1F. The van der Waals surface area contributed by atoms with Crippen LogP contribution in [0.5, 0.6) is 17.2 Å². The van der Waals surface area contributed by atoms with Gasteiger partial charge >= 0.3 is 0 Å². The van der Waals surface area contributed by atoms with E-state index in [2.05, 4.69) is 20.4 Å². The maximum Gasteiger partial charge on any atom is 0.227 e. The lowest BCUT2D eigenvalue weighted by molar-refractivity contribution is 0.0783. The molecule has 0 aliphatic heterocycles. The molecule has 0 aliphatic rings. The molecule has 0 fully saturated rings. The van der Waals surface area contributed by atoms with Crippen LogP contribution in [0, 0.1) is 11.6 Å². The molecule has 0 unspecified atom stereocenters. The lowest BCUT2D eigenvalue weighted by Crippen LogP contribution is -2.19. The Morgan fingerprint density at radius 1 is 1.10 bits per heavy atom. The Labute approximate surface area is 176 Å². The molecule has 0 aliphatic carbocycles. The van der Waals surface area contributed by atoms with Gasteiger partial charge in [0.15, 0.2) is 28.9 Å². The van der Waals surface area contributed by atoms with E-state index in [1.165, 1.54) is 37.5 Å². The Hall–Kier alpha value is -3.51. The summed E-state index contributed by atoms with van der Waals surface area (Å²) in [5, 5.41) is 25.2. The summed E-state index contributed by atoms with van der Waals surface area (Å²) in [6.07, 6.45) is 4.86. The number of aliphatic hydroxyl groups is 2. The van der Waals surface area contributed by atoms with Gasteiger partial charge in [-0.25, -0.2) is 18.7 Å². The first-order valence-corrected chi connectivity index (χ1v) is 9.07. The standard InChI is InChI=1S/C19H21F2N5O5/c1-29-15-3-16(30-2)18(21)14(17(15)20)10-31-13-5-22-19(23-6-13)25-11-4-24-26(7-11)8-12(28)9-27/h3-7,12,27-28H,8-10H2,1-2H3,(H,22,23,25)/t12-/m1/s1. The van der Waals surface area contributed by atoms with Crippen molar-refractivity contribution in [2.75, 3.05) is 26.1 Å². The van der Waals surface area contributed by atoms with Crippen LogP contribution in [0.3, 0.4) is 0 Å². The molecule has 2 aromatic heterocycles. The van der Waals surface area contributed by atoms with Crippen LogP contribution < -0.4 is 19.5 Å². The minimum Gasteiger partial charge on any atom is -0.494 e. The summed E-state index contributed by atoms with van der Waals surface area (Å²) in [5.41, 5.74) is 0.210. The van der Waals surface area contributed by atoms with Gasteiger partial charge in [-0.05, 0) is 0 Å². The molecule has 1 atom stereocenters. The third-order valence-corrected chi connectivity index (χ3v) is 4.17. The highest BCUT2D eigenvalue weighted by Gasteiger charge is 2.20. The molecule has 3 aromatic rings. The number of nitrogens with zero attached hydrogens (tertiary/aromatic N) is 4. The second-order valence-corrected chi connectivity index (χ2v) is 6.33. The van der Waals surface area contributed by atoms with E-state index in [0.717, 1.165) is 6.07 Å². The van der Waals surface area contributed by atoms with Crippen molar-refractivity contribution in [2.45, 2.75) is 19.3 Å². The predicted molar refractivity (Wildman–Crippen MR) is 104 cm³/mol. The van der Waals surface area contributed by atoms with Gasteiger partial charge in [-0.2, -0.15) is 5.10 Å². The first kappa shape index (κ1) is 22.2. The molecule has 166 valence electrons. The van der Waals surface area contributed by atoms with Crippen molar-refractivity contribution in [1.29, 1.82) is 0 Å². The zero-order chi connectivity index (χ0) is 22.4. The molecule has 31 heavy (non-hydrogen) atoms. The van der Waals surface area contributed by atoms with Gasteiger partial charge in [0, 0.05) is 12.3 Å². The summed E-state index contributed by atoms with van der Waals surface area (Å²) in [5.74, 6) is -1.69. The van der Waals surface area contributed by atoms with Gasteiger partial charge in [-0.3, -0.25) is 4.68 Å². The van der Waals surface area contributed by atoms with Crippen molar-refractivity contribution in [3.63, 3.8) is 0 Å². The number of aliphatic hydroxyl groups excluding tert-OH is 2. The Kier molecular flexibility index (Phi) is 7.15. The fourth-order valence-electron chi connectivity index (χ4n) is 2.60. The maximum absolute atomic E-state index is 14.4. The van der Waals surface area contributed by atoms with Crippen LogP contribution in [0.2, 0.25) is 0 Å². The molecule has 0 bridgehead atoms. The molecule has 0 amide bonds. The Morgan fingerprint density at radius 2 is 1.74 bits per heavy atom. The zero-order valence-electron chi connectivity index (χ0n) is 16.7. The van der Waals surface area contributed by atoms with E-state index in [0.29, 0.717) is 5.69 Å². The number of anilines is 2. The highest BCUT2D eigenvalue weighted by atomic mass is 19.1.